The van der Waals surface area contributed by atoms with Gasteiger partial charge in [-0.15, -0.1) is 0 Å². The fraction of sp³-hybridized carbons (Fsp3) is 0.500. The van der Waals surface area contributed by atoms with Crippen LogP contribution in [-0.4, -0.2) is 59.4 Å². The third kappa shape index (κ3) is 3.62. The molecule has 0 saturated carbocycles. The van der Waals surface area contributed by atoms with Gasteiger partial charge in [0.2, 0.25) is 5.91 Å². The average Bonchev–Trinajstić information content (AvgIpc) is 3.00. The predicted octanol–water partition coefficient (Wildman–Crippen LogP) is 0.675. The number of hydrogen-bond donors (Lipinski definition) is 1. The molecule has 2 amide bonds. The summed E-state index contributed by atoms with van der Waals surface area (Å²) in [6, 6.07) is 1.54. The average molecular weight is 294 g/mol. The SMILES string of the molecule is CN(CC(=O)N1CCC(C(=O)O)CC1)C(=O)c1ccoc1. The van der Waals surface area contributed by atoms with Crippen molar-refractivity contribution in [2.45, 2.75) is 12.8 Å². The largest absolute Gasteiger partial charge is 0.481 e. The van der Waals surface area contributed by atoms with Crippen LogP contribution >= 0.6 is 0 Å². The number of furan rings is 1. The highest BCUT2D eigenvalue weighted by Gasteiger charge is 2.28. The molecule has 1 aromatic rings. The number of carboxylic acid groups (broad SMARTS) is 1. The lowest BCUT2D eigenvalue weighted by Gasteiger charge is -2.31. The van der Waals surface area contributed by atoms with Crippen LogP contribution in [0, 0.1) is 5.92 Å². The molecule has 0 atom stereocenters. The number of carbonyl (C=O) groups is 3. The van der Waals surface area contributed by atoms with Crippen molar-refractivity contribution >= 4 is 17.8 Å². The summed E-state index contributed by atoms with van der Waals surface area (Å²) in [7, 11) is 1.55. The molecule has 1 N–H and O–H groups in total. The van der Waals surface area contributed by atoms with Crippen molar-refractivity contribution in [3.8, 4) is 0 Å². The van der Waals surface area contributed by atoms with Crippen LogP contribution in [0.2, 0.25) is 0 Å². The fourth-order valence-electron chi connectivity index (χ4n) is 2.36. The highest BCUT2D eigenvalue weighted by molar-refractivity contribution is 5.96. The minimum absolute atomic E-state index is 0.0260. The van der Waals surface area contributed by atoms with Crippen molar-refractivity contribution in [1.82, 2.24) is 9.80 Å². The normalized spacial score (nSPS) is 15.8. The number of carbonyl (C=O) groups excluding carboxylic acids is 2. The lowest BCUT2D eigenvalue weighted by atomic mass is 9.97. The Hall–Kier alpha value is -2.31. The van der Waals surface area contributed by atoms with E-state index in [1.807, 2.05) is 0 Å². The molecule has 0 bridgehead atoms. The third-order valence-corrected chi connectivity index (χ3v) is 3.68. The van der Waals surface area contributed by atoms with Crippen LogP contribution in [0.25, 0.3) is 0 Å². The zero-order valence-electron chi connectivity index (χ0n) is 11.8. The van der Waals surface area contributed by atoms with Gasteiger partial charge < -0.3 is 19.3 Å². The number of amides is 2. The maximum Gasteiger partial charge on any atom is 0.306 e. The molecule has 2 heterocycles. The van der Waals surface area contributed by atoms with Crippen LogP contribution in [0.1, 0.15) is 23.2 Å². The first-order chi connectivity index (χ1) is 9.99. The molecule has 1 aliphatic rings. The van der Waals surface area contributed by atoms with Crippen molar-refractivity contribution in [2.75, 3.05) is 26.7 Å². The van der Waals surface area contributed by atoms with Gasteiger partial charge in [-0.25, -0.2) is 0 Å². The summed E-state index contributed by atoms with van der Waals surface area (Å²) in [6.07, 6.45) is 3.65. The first kappa shape index (κ1) is 15.1. The zero-order valence-corrected chi connectivity index (χ0v) is 11.8. The second-order valence-electron chi connectivity index (χ2n) is 5.17. The van der Waals surface area contributed by atoms with Crippen molar-refractivity contribution in [1.29, 1.82) is 0 Å². The van der Waals surface area contributed by atoms with E-state index in [9.17, 15) is 14.4 Å². The molecule has 0 spiro atoms. The van der Waals surface area contributed by atoms with E-state index in [0.29, 0.717) is 31.5 Å². The lowest BCUT2D eigenvalue weighted by Crippen LogP contribution is -2.45. The van der Waals surface area contributed by atoms with Crippen LogP contribution in [0.15, 0.2) is 23.0 Å². The molecule has 21 heavy (non-hydrogen) atoms. The minimum atomic E-state index is -0.811. The smallest absolute Gasteiger partial charge is 0.306 e. The quantitative estimate of drug-likeness (QED) is 0.881. The van der Waals surface area contributed by atoms with Crippen LogP contribution in [-0.2, 0) is 9.59 Å². The lowest BCUT2D eigenvalue weighted by molar-refractivity contribution is -0.145. The number of nitrogens with zero attached hydrogens (tertiary/aromatic N) is 2. The van der Waals surface area contributed by atoms with E-state index in [4.69, 9.17) is 9.52 Å². The highest BCUT2D eigenvalue weighted by atomic mass is 16.4. The second kappa shape index (κ2) is 6.43. The van der Waals surface area contributed by atoms with Crippen LogP contribution in [0.3, 0.4) is 0 Å². The van der Waals surface area contributed by atoms with E-state index in [1.165, 1.54) is 17.4 Å². The topological polar surface area (TPSA) is 91.1 Å². The Morgan fingerprint density at radius 3 is 2.57 bits per heavy atom. The van der Waals surface area contributed by atoms with Gasteiger partial charge in [-0.1, -0.05) is 0 Å². The van der Waals surface area contributed by atoms with E-state index in [1.54, 1.807) is 18.0 Å². The molecule has 0 aliphatic carbocycles. The zero-order chi connectivity index (χ0) is 15.4. The number of likely N-dealkylation sites (N-methyl/N-ethyl adjacent to an activating group) is 1. The van der Waals surface area contributed by atoms with Gasteiger partial charge in [0.25, 0.3) is 5.91 Å². The van der Waals surface area contributed by atoms with Crippen LogP contribution < -0.4 is 0 Å². The second-order valence-corrected chi connectivity index (χ2v) is 5.17. The molecule has 1 aliphatic heterocycles. The Kier molecular flexibility index (Phi) is 4.62. The molecule has 1 aromatic heterocycles. The van der Waals surface area contributed by atoms with Crippen LogP contribution in [0.5, 0.6) is 0 Å². The molecular weight excluding hydrogens is 276 g/mol. The van der Waals surface area contributed by atoms with Crippen molar-refractivity contribution in [3.05, 3.63) is 24.2 Å². The Labute approximate surface area is 122 Å². The molecule has 0 radical (unpaired) electrons. The van der Waals surface area contributed by atoms with Gasteiger partial charge in [0.1, 0.15) is 6.26 Å². The van der Waals surface area contributed by atoms with E-state index < -0.39 is 5.97 Å². The van der Waals surface area contributed by atoms with Crippen molar-refractivity contribution < 1.29 is 23.9 Å². The van der Waals surface area contributed by atoms with Gasteiger partial charge in [-0.3, -0.25) is 14.4 Å². The maximum atomic E-state index is 12.1. The molecule has 7 nitrogen and oxygen atoms in total. The first-order valence-electron chi connectivity index (χ1n) is 6.77. The van der Waals surface area contributed by atoms with Crippen molar-refractivity contribution in [3.63, 3.8) is 0 Å². The summed E-state index contributed by atoms with van der Waals surface area (Å²) in [5.41, 5.74) is 0.398. The standard InChI is InChI=1S/C14H18N2O5/c1-15(13(18)11-4-7-21-9-11)8-12(17)16-5-2-10(3-6-16)14(19)20/h4,7,9-10H,2-3,5-6,8H2,1H3,(H,19,20). The molecule has 2 rings (SSSR count). The van der Waals surface area contributed by atoms with E-state index >= 15 is 0 Å². The fourth-order valence-corrected chi connectivity index (χ4v) is 2.36. The Balaban J connectivity index is 1.85. The van der Waals surface area contributed by atoms with Gasteiger partial charge in [0.15, 0.2) is 0 Å². The number of hydrogen-bond acceptors (Lipinski definition) is 4. The summed E-state index contributed by atoms with van der Waals surface area (Å²) < 4.78 is 4.84. The molecule has 1 saturated heterocycles. The molecule has 1 fully saturated rings. The van der Waals surface area contributed by atoms with Gasteiger partial charge in [-0.2, -0.15) is 0 Å². The maximum absolute atomic E-state index is 12.1. The van der Waals surface area contributed by atoms with Crippen molar-refractivity contribution in [2.24, 2.45) is 5.92 Å². The van der Waals surface area contributed by atoms with E-state index in [0.717, 1.165) is 0 Å². The summed E-state index contributed by atoms with van der Waals surface area (Å²) in [5, 5.41) is 8.92. The monoisotopic (exact) mass is 294 g/mol. The summed E-state index contributed by atoms with van der Waals surface area (Å²) in [6.45, 7) is 0.814. The van der Waals surface area contributed by atoms with Gasteiger partial charge in [0, 0.05) is 20.1 Å². The number of rotatable bonds is 4. The summed E-state index contributed by atoms with van der Waals surface area (Å²) in [4.78, 5) is 37.9. The first-order valence-corrected chi connectivity index (χ1v) is 6.77. The molecular formula is C14H18N2O5. The number of likely N-dealkylation sites (tertiary alicyclic amines) is 1. The molecule has 114 valence electrons. The Bertz CT molecular complexity index is 517. The number of carboxylic acids is 1. The van der Waals surface area contributed by atoms with Crippen LogP contribution in [0.4, 0.5) is 0 Å². The number of aliphatic carboxylic acids is 1. The molecule has 0 unspecified atom stereocenters. The van der Waals surface area contributed by atoms with E-state index in [2.05, 4.69) is 0 Å². The summed E-state index contributed by atoms with van der Waals surface area (Å²) >= 11 is 0. The highest BCUT2D eigenvalue weighted by Crippen LogP contribution is 2.17. The third-order valence-electron chi connectivity index (χ3n) is 3.68. The molecule has 0 aromatic carbocycles. The van der Waals surface area contributed by atoms with Gasteiger partial charge in [0.05, 0.1) is 24.3 Å². The van der Waals surface area contributed by atoms with E-state index in [-0.39, 0.29) is 24.3 Å². The predicted molar refractivity (Wildman–Crippen MR) is 72.6 cm³/mol. The number of piperidine rings is 1. The minimum Gasteiger partial charge on any atom is -0.481 e. The summed E-state index contributed by atoms with van der Waals surface area (Å²) in [5.74, 6) is -1.63. The Morgan fingerprint density at radius 1 is 1.38 bits per heavy atom. The van der Waals surface area contributed by atoms with Gasteiger partial charge in [-0.05, 0) is 18.9 Å². The Morgan fingerprint density at radius 2 is 2.05 bits per heavy atom. The molecule has 7 heteroatoms. The van der Waals surface area contributed by atoms with Gasteiger partial charge >= 0.3 is 5.97 Å².